The molecule has 0 atom stereocenters. The summed E-state index contributed by atoms with van der Waals surface area (Å²) in [7, 11) is 0. The summed E-state index contributed by atoms with van der Waals surface area (Å²) in [6.45, 7) is 2.98. The van der Waals surface area contributed by atoms with E-state index in [2.05, 4.69) is 4.74 Å². The number of hydrogen-bond acceptors (Lipinski definition) is 1. The normalized spacial score (nSPS) is 9.36. The molecule has 1 nitrogen and oxygen atoms in total. The van der Waals surface area contributed by atoms with Crippen LogP contribution in [0.5, 0.6) is 5.75 Å². The van der Waals surface area contributed by atoms with E-state index in [0.29, 0.717) is 5.02 Å². The van der Waals surface area contributed by atoms with E-state index in [0.717, 1.165) is 5.56 Å². The second-order valence-corrected chi connectivity index (χ2v) is 2.70. The molecule has 0 fully saturated rings. The third-order valence-corrected chi connectivity index (χ3v) is 1.78. The Balaban J connectivity index is 0.000000791. The maximum absolute atomic E-state index is 11.7. The molecule has 0 aliphatic heterocycles. The van der Waals surface area contributed by atoms with Crippen LogP contribution in [0.2, 0.25) is 5.02 Å². The Morgan fingerprint density at radius 1 is 1.29 bits per heavy atom. The van der Waals surface area contributed by atoms with Crippen molar-refractivity contribution in [2.45, 2.75) is 27.4 Å². The fourth-order valence-corrected chi connectivity index (χ4v) is 0.920. The lowest BCUT2D eigenvalue weighted by Crippen LogP contribution is -2.01. The molecule has 0 spiro atoms. The van der Waals surface area contributed by atoms with Gasteiger partial charge in [-0.15, -0.1) is 0 Å². The minimum absolute atomic E-state index is 0.0839. The first-order valence-corrected chi connectivity index (χ1v) is 4.68. The van der Waals surface area contributed by atoms with Gasteiger partial charge in [-0.25, -0.2) is 0 Å². The van der Waals surface area contributed by atoms with Gasteiger partial charge in [-0.2, -0.15) is 8.78 Å². The predicted octanol–water partition coefficient (Wildman–Crippen LogP) is 4.28. The molecule has 0 aliphatic carbocycles. The summed E-state index contributed by atoms with van der Waals surface area (Å²) in [6, 6.07) is 4.44. The van der Waals surface area contributed by atoms with E-state index in [1.165, 1.54) is 12.1 Å². The molecule has 0 radical (unpaired) electrons. The molecule has 0 aromatic heterocycles. The van der Waals surface area contributed by atoms with Crippen LogP contribution in [0.15, 0.2) is 18.2 Å². The van der Waals surface area contributed by atoms with Crippen LogP contribution >= 0.6 is 11.6 Å². The van der Waals surface area contributed by atoms with Crippen molar-refractivity contribution >= 4 is 11.6 Å². The molecular weight excluding hydrogens is 210 g/mol. The van der Waals surface area contributed by atoms with Gasteiger partial charge in [0.25, 0.3) is 0 Å². The van der Waals surface area contributed by atoms with Crippen LogP contribution in [0.25, 0.3) is 0 Å². The number of halogens is 3. The third kappa shape index (κ3) is 4.42. The average molecular weight is 223 g/mol. The number of benzene rings is 1. The highest BCUT2D eigenvalue weighted by atomic mass is 35.5. The van der Waals surface area contributed by atoms with Crippen LogP contribution in [0.4, 0.5) is 8.78 Å². The van der Waals surface area contributed by atoms with Gasteiger partial charge in [0.1, 0.15) is 5.75 Å². The molecule has 1 aromatic rings. The molecule has 0 heterocycles. The summed E-state index contributed by atoms with van der Waals surface area (Å²) in [5.74, 6) is 0.0839. The summed E-state index contributed by atoms with van der Waals surface area (Å²) in [5.41, 5.74) is 0.832. The number of rotatable bonds is 2. The van der Waals surface area contributed by atoms with E-state index >= 15 is 0 Å². The van der Waals surface area contributed by atoms with Gasteiger partial charge in [0.05, 0.1) is 0 Å². The monoisotopic (exact) mass is 222 g/mol. The molecule has 0 N–H and O–H groups in total. The molecule has 0 saturated carbocycles. The van der Waals surface area contributed by atoms with Crippen LogP contribution in [0, 0.1) is 6.92 Å². The third-order valence-electron chi connectivity index (χ3n) is 1.37. The van der Waals surface area contributed by atoms with Gasteiger partial charge in [0.2, 0.25) is 0 Å². The minimum Gasteiger partial charge on any atom is -0.435 e. The smallest absolute Gasteiger partial charge is 0.387 e. The minimum atomic E-state index is -2.80. The largest absolute Gasteiger partial charge is 0.435 e. The van der Waals surface area contributed by atoms with Gasteiger partial charge in [0, 0.05) is 5.02 Å². The van der Waals surface area contributed by atoms with E-state index in [9.17, 15) is 8.78 Å². The van der Waals surface area contributed by atoms with Crippen LogP contribution in [-0.2, 0) is 0 Å². The van der Waals surface area contributed by atoms with E-state index in [-0.39, 0.29) is 5.75 Å². The zero-order valence-corrected chi connectivity index (χ0v) is 9.11. The molecule has 0 saturated heterocycles. The topological polar surface area (TPSA) is 9.23 Å². The number of ether oxygens (including phenoxy) is 1. The average Bonchev–Trinajstić information content (AvgIpc) is 2.14. The zero-order valence-electron chi connectivity index (χ0n) is 8.35. The van der Waals surface area contributed by atoms with Crippen molar-refractivity contribution in [2.24, 2.45) is 0 Å². The molecule has 1 aromatic carbocycles. The van der Waals surface area contributed by atoms with Crippen LogP contribution in [0.3, 0.4) is 0 Å². The van der Waals surface area contributed by atoms with Gasteiger partial charge >= 0.3 is 6.61 Å². The SMILES string of the molecule is CC.Cc1ccc(OC(F)F)cc1Cl. The summed E-state index contributed by atoms with van der Waals surface area (Å²) in [6.07, 6.45) is 0. The van der Waals surface area contributed by atoms with E-state index in [4.69, 9.17) is 11.6 Å². The fourth-order valence-electron chi connectivity index (χ4n) is 0.750. The Bertz CT molecular complexity index is 277. The highest BCUT2D eigenvalue weighted by Gasteiger charge is 2.04. The second-order valence-electron chi connectivity index (χ2n) is 2.29. The summed E-state index contributed by atoms with van der Waals surface area (Å²) < 4.78 is 27.5. The molecule has 0 aliphatic rings. The molecule has 14 heavy (non-hydrogen) atoms. The van der Waals surface area contributed by atoms with Crippen LogP contribution < -0.4 is 4.74 Å². The number of hydrogen-bond donors (Lipinski definition) is 0. The van der Waals surface area contributed by atoms with Crippen molar-refractivity contribution in [3.05, 3.63) is 28.8 Å². The van der Waals surface area contributed by atoms with Gasteiger partial charge < -0.3 is 4.74 Å². The highest BCUT2D eigenvalue weighted by molar-refractivity contribution is 6.31. The molecule has 80 valence electrons. The summed E-state index contributed by atoms with van der Waals surface area (Å²) >= 11 is 5.67. The standard InChI is InChI=1S/C8H7ClF2O.C2H6/c1-5-2-3-6(4-7(5)9)12-8(10)11;1-2/h2-4,8H,1H3;1-2H3. The quantitative estimate of drug-likeness (QED) is 0.726. The zero-order chi connectivity index (χ0) is 11.1. The van der Waals surface area contributed by atoms with Crippen molar-refractivity contribution in [3.8, 4) is 5.75 Å². The molecule has 0 bridgehead atoms. The predicted molar refractivity (Wildman–Crippen MR) is 54.2 cm³/mol. The lowest BCUT2D eigenvalue weighted by atomic mass is 10.2. The lowest BCUT2D eigenvalue weighted by Gasteiger charge is -2.05. The molecule has 0 amide bonds. The first kappa shape index (κ1) is 13.2. The van der Waals surface area contributed by atoms with E-state index < -0.39 is 6.61 Å². The summed E-state index contributed by atoms with van der Waals surface area (Å²) in [5, 5.41) is 0.424. The van der Waals surface area contributed by atoms with E-state index in [1.54, 1.807) is 13.0 Å². The maximum Gasteiger partial charge on any atom is 0.387 e. The number of aryl methyl sites for hydroxylation is 1. The Kier molecular flexibility index (Phi) is 6.21. The van der Waals surface area contributed by atoms with Crippen molar-refractivity contribution in [3.63, 3.8) is 0 Å². The Hall–Kier alpha value is -0.830. The molecule has 1 rings (SSSR count). The van der Waals surface area contributed by atoms with Crippen molar-refractivity contribution in [1.82, 2.24) is 0 Å². The first-order valence-electron chi connectivity index (χ1n) is 4.30. The highest BCUT2D eigenvalue weighted by Crippen LogP contribution is 2.22. The van der Waals surface area contributed by atoms with Crippen molar-refractivity contribution in [1.29, 1.82) is 0 Å². The molecule has 0 unspecified atom stereocenters. The fraction of sp³-hybridized carbons (Fsp3) is 0.400. The van der Waals surface area contributed by atoms with Gasteiger partial charge in [-0.3, -0.25) is 0 Å². The van der Waals surface area contributed by atoms with Gasteiger partial charge in [-0.1, -0.05) is 31.5 Å². The first-order chi connectivity index (χ1) is 6.59. The van der Waals surface area contributed by atoms with Crippen molar-refractivity contribution < 1.29 is 13.5 Å². The molecular formula is C10H13ClF2O. The Morgan fingerprint density at radius 2 is 1.86 bits per heavy atom. The molecule has 4 heteroatoms. The van der Waals surface area contributed by atoms with Crippen LogP contribution in [-0.4, -0.2) is 6.61 Å². The maximum atomic E-state index is 11.7. The summed E-state index contributed by atoms with van der Waals surface area (Å²) in [4.78, 5) is 0. The van der Waals surface area contributed by atoms with E-state index in [1.807, 2.05) is 13.8 Å². The van der Waals surface area contributed by atoms with Gasteiger partial charge in [-0.05, 0) is 24.6 Å². The van der Waals surface area contributed by atoms with Gasteiger partial charge in [0.15, 0.2) is 0 Å². The lowest BCUT2D eigenvalue weighted by molar-refractivity contribution is -0.0498. The Labute approximate surface area is 87.6 Å². The second kappa shape index (κ2) is 6.60. The number of alkyl halides is 2. The Morgan fingerprint density at radius 3 is 2.29 bits per heavy atom. The van der Waals surface area contributed by atoms with Crippen LogP contribution in [0.1, 0.15) is 19.4 Å². The van der Waals surface area contributed by atoms with Crippen molar-refractivity contribution in [2.75, 3.05) is 0 Å².